The van der Waals surface area contributed by atoms with Crippen LogP contribution in [0.4, 0.5) is 0 Å². The number of carbonyl (C=O) groups excluding carboxylic acids is 1. The lowest BCUT2D eigenvalue weighted by atomic mass is 10.1. The van der Waals surface area contributed by atoms with Crippen molar-refractivity contribution in [2.45, 2.75) is 58.2 Å². The van der Waals surface area contributed by atoms with E-state index in [1.807, 2.05) is 16.5 Å². The van der Waals surface area contributed by atoms with Crippen LogP contribution >= 0.6 is 0 Å². The molecule has 1 atom stereocenters. The molecule has 3 rings (SSSR count). The maximum atomic E-state index is 12.2. The van der Waals surface area contributed by atoms with Crippen molar-refractivity contribution in [2.75, 3.05) is 33.3 Å². The lowest BCUT2D eigenvalue weighted by Gasteiger charge is -2.25. The van der Waals surface area contributed by atoms with E-state index in [1.54, 1.807) is 7.11 Å². The van der Waals surface area contributed by atoms with E-state index >= 15 is 0 Å². The van der Waals surface area contributed by atoms with Crippen molar-refractivity contribution in [1.29, 1.82) is 0 Å². The van der Waals surface area contributed by atoms with Gasteiger partial charge in [-0.15, -0.1) is 0 Å². The van der Waals surface area contributed by atoms with Gasteiger partial charge < -0.3 is 20.3 Å². The molecule has 1 unspecified atom stereocenters. The molecule has 150 valence electrons. The highest BCUT2D eigenvalue weighted by molar-refractivity contribution is 5.81. The second kappa shape index (κ2) is 9.68. The van der Waals surface area contributed by atoms with Gasteiger partial charge in [0.2, 0.25) is 5.91 Å². The number of methoxy groups -OCH3 is 1. The van der Waals surface area contributed by atoms with E-state index in [0.29, 0.717) is 19.6 Å². The number of nitrogens with one attached hydrogen (secondary N) is 2. The van der Waals surface area contributed by atoms with E-state index in [9.17, 15) is 4.79 Å². The van der Waals surface area contributed by atoms with Gasteiger partial charge >= 0.3 is 0 Å². The van der Waals surface area contributed by atoms with Crippen molar-refractivity contribution in [3.8, 4) is 0 Å². The first-order valence-corrected chi connectivity index (χ1v) is 9.93. The summed E-state index contributed by atoms with van der Waals surface area (Å²) < 4.78 is 7.07. The predicted molar refractivity (Wildman–Crippen MR) is 102 cm³/mol. The fourth-order valence-electron chi connectivity index (χ4n) is 3.57. The van der Waals surface area contributed by atoms with Crippen LogP contribution < -0.4 is 10.6 Å². The fourth-order valence-corrected chi connectivity index (χ4v) is 3.57. The third-order valence-corrected chi connectivity index (χ3v) is 4.91. The van der Waals surface area contributed by atoms with Gasteiger partial charge in [-0.2, -0.15) is 5.10 Å². The molecule has 1 fully saturated rings. The van der Waals surface area contributed by atoms with Crippen LogP contribution in [0.3, 0.4) is 0 Å². The molecular formula is C18H31N7O2. The Morgan fingerprint density at radius 1 is 1.37 bits per heavy atom. The summed E-state index contributed by atoms with van der Waals surface area (Å²) in [4.78, 5) is 23.2. The van der Waals surface area contributed by atoms with Gasteiger partial charge in [-0.05, 0) is 26.2 Å². The first-order chi connectivity index (χ1) is 13.2. The molecule has 1 amide bonds. The Balaban J connectivity index is 1.51. The van der Waals surface area contributed by atoms with Crippen LogP contribution in [0.15, 0.2) is 4.99 Å². The van der Waals surface area contributed by atoms with Gasteiger partial charge in [0.15, 0.2) is 11.8 Å². The number of fused-ring (bicyclic) bond motifs is 1. The second-order valence-corrected chi connectivity index (χ2v) is 7.04. The van der Waals surface area contributed by atoms with Gasteiger partial charge in [-0.3, -0.25) is 9.79 Å². The molecule has 2 aliphatic rings. The van der Waals surface area contributed by atoms with Crippen molar-refractivity contribution in [3.05, 3.63) is 11.6 Å². The Hall–Kier alpha value is -2.16. The lowest BCUT2D eigenvalue weighted by Crippen LogP contribution is -2.47. The van der Waals surface area contributed by atoms with Gasteiger partial charge in [-0.25, -0.2) is 9.67 Å². The molecule has 27 heavy (non-hydrogen) atoms. The summed E-state index contributed by atoms with van der Waals surface area (Å²) in [5.41, 5.74) is 0. The van der Waals surface area contributed by atoms with Crippen LogP contribution in [-0.2, 0) is 29.1 Å². The number of guanidine groups is 1. The maximum absolute atomic E-state index is 12.2. The molecule has 0 aromatic carbocycles. The number of hydrogen-bond donors (Lipinski definition) is 2. The van der Waals surface area contributed by atoms with Crippen LogP contribution in [0.5, 0.6) is 0 Å². The van der Waals surface area contributed by atoms with E-state index in [4.69, 9.17) is 4.74 Å². The van der Waals surface area contributed by atoms with Gasteiger partial charge in [-0.1, -0.05) is 0 Å². The van der Waals surface area contributed by atoms with E-state index in [-0.39, 0.29) is 11.9 Å². The second-order valence-electron chi connectivity index (χ2n) is 7.04. The number of ether oxygens (including phenoxy) is 1. The van der Waals surface area contributed by atoms with E-state index in [0.717, 1.165) is 69.5 Å². The smallest absolute Gasteiger partial charge is 0.224 e. The van der Waals surface area contributed by atoms with Crippen LogP contribution in [0.1, 0.15) is 44.3 Å². The number of aryl methyl sites for hydroxylation is 1. The normalized spacial score (nSPS) is 19.9. The van der Waals surface area contributed by atoms with Gasteiger partial charge in [0, 0.05) is 45.6 Å². The quantitative estimate of drug-likeness (QED) is 0.524. The summed E-state index contributed by atoms with van der Waals surface area (Å²) in [5.74, 6) is 2.72. The highest BCUT2D eigenvalue weighted by Gasteiger charge is 2.22. The minimum atomic E-state index is 0.211. The van der Waals surface area contributed by atoms with Crippen molar-refractivity contribution in [1.82, 2.24) is 30.3 Å². The van der Waals surface area contributed by atoms with E-state index in [2.05, 4.69) is 25.7 Å². The molecule has 0 radical (unpaired) electrons. The highest BCUT2D eigenvalue weighted by Crippen LogP contribution is 2.13. The summed E-state index contributed by atoms with van der Waals surface area (Å²) in [5, 5.41) is 11.3. The van der Waals surface area contributed by atoms with Crippen LogP contribution in [0.25, 0.3) is 0 Å². The number of carbonyl (C=O) groups is 1. The monoisotopic (exact) mass is 377 g/mol. The van der Waals surface area contributed by atoms with Crippen molar-refractivity contribution < 1.29 is 9.53 Å². The zero-order valence-corrected chi connectivity index (χ0v) is 16.4. The number of aliphatic imine (C=N–C) groups is 1. The summed E-state index contributed by atoms with van der Waals surface area (Å²) in [6.45, 7) is 6.31. The summed E-state index contributed by atoms with van der Waals surface area (Å²) in [7, 11) is 1.65. The summed E-state index contributed by atoms with van der Waals surface area (Å²) in [6, 6.07) is 0.238. The molecule has 3 heterocycles. The zero-order chi connectivity index (χ0) is 19.1. The largest absolute Gasteiger partial charge is 0.377 e. The SMILES string of the molecule is CCNC(=NCCC(=O)N1CCCC1)NC1CCc2nc(COC)nn2C1. The number of aromatic nitrogens is 3. The third kappa shape index (κ3) is 5.41. The zero-order valence-electron chi connectivity index (χ0n) is 16.4. The molecule has 9 heteroatoms. The predicted octanol–water partition coefficient (Wildman–Crippen LogP) is 0.307. The molecule has 0 saturated carbocycles. The minimum Gasteiger partial charge on any atom is -0.377 e. The first kappa shape index (κ1) is 19.6. The van der Waals surface area contributed by atoms with Crippen molar-refractivity contribution in [2.24, 2.45) is 4.99 Å². The number of likely N-dealkylation sites (tertiary alicyclic amines) is 1. The molecule has 9 nitrogen and oxygen atoms in total. The van der Waals surface area contributed by atoms with E-state index in [1.165, 1.54) is 0 Å². The Labute approximate surface area is 160 Å². The number of rotatable bonds is 7. The molecule has 1 aromatic heterocycles. The highest BCUT2D eigenvalue weighted by atomic mass is 16.5. The fraction of sp³-hybridized carbons (Fsp3) is 0.778. The average Bonchev–Trinajstić information content (AvgIpc) is 3.31. The molecule has 0 aliphatic carbocycles. The molecule has 2 aliphatic heterocycles. The third-order valence-electron chi connectivity index (χ3n) is 4.91. The summed E-state index contributed by atoms with van der Waals surface area (Å²) in [6.07, 6.45) is 4.56. The number of nitrogens with zero attached hydrogens (tertiary/aromatic N) is 5. The van der Waals surface area contributed by atoms with E-state index < -0.39 is 0 Å². The molecule has 1 aromatic rings. The lowest BCUT2D eigenvalue weighted by molar-refractivity contribution is -0.129. The average molecular weight is 377 g/mol. The Morgan fingerprint density at radius 2 is 2.19 bits per heavy atom. The Kier molecular flexibility index (Phi) is 7.03. The molecular weight excluding hydrogens is 346 g/mol. The van der Waals surface area contributed by atoms with Gasteiger partial charge in [0.1, 0.15) is 12.4 Å². The Bertz CT molecular complexity index is 652. The maximum Gasteiger partial charge on any atom is 0.224 e. The number of hydrogen-bond acceptors (Lipinski definition) is 5. The molecule has 1 saturated heterocycles. The minimum absolute atomic E-state index is 0.211. The molecule has 0 bridgehead atoms. The molecule has 0 spiro atoms. The summed E-state index contributed by atoms with van der Waals surface area (Å²) >= 11 is 0. The van der Waals surface area contributed by atoms with Crippen LogP contribution in [0, 0.1) is 0 Å². The van der Waals surface area contributed by atoms with Crippen molar-refractivity contribution in [3.63, 3.8) is 0 Å². The van der Waals surface area contributed by atoms with Crippen LogP contribution in [-0.4, -0.2) is 70.9 Å². The topological polar surface area (TPSA) is 96.7 Å². The number of amides is 1. The Morgan fingerprint density at radius 3 is 2.93 bits per heavy atom. The van der Waals surface area contributed by atoms with Gasteiger partial charge in [0.25, 0.3) is 0 Å². The first-order valence-electron chi connectivity index (χ1n) is 9.93. The van der Waals surface area contributed by atoms with Gasteiger partial charge in [0.05, 0.1) is 13.1 Å². The van der Waals surface area contributed by atoms with Crippen LogP contribution in [0.2, 0.25) is 0 Å². The van der Waals surface area contributed by atoms with Crippen molar-refractivity contribution >= 4 is 11.9 Å². The molecule has 2 N–H and O–H groups in total. The standard InChI is InChI=1S/C18H31N7O2/c1-3-19-18(20-9-8-17(26)24-10-4-5-11-24)21-14-6-7-16-22-15(13-27-2)23-25(16)12-14/h14H,3-13H2,1-2H3,(H2,19,20,21).